The van der Waals surface area contributed by atoms with Crippen LogP contribution in [-0.4, -0.2) is 28.8 Å². The van der Waals surface area contributed by atoms with Gasteiger partial charge in [-0.15, -0.1) is 0 Å². The molecule has 0 unspecified atom stereocenters. The fourth-order valence-corrected chi connectivity index (χ4v) is 2.68. The third-order valence-electron chi connectivity index (χ3n) is 4.67. The van der Waals surface area contributed by atoms with Crippen molar-refractivity contribution in [1.29, 1.82) is 0 Å². The van der Waals surface area contributed by atoms with E-state index in [4.69, 9.17) is 9.84 Å². The second-order valence-corrected chi connectivity index (χ2v) is 6.90. The smallest absolute Gasteiger partial charge is 0.270 e. The van der Waals surface area contributed by atoms with Crippen molar-refractivity contribution in [3.05, 3.63) is 66.4 Å². The van der Waals surface area contributed by atoms with Crippen LogP contribution in [0.1, 0.15) is 31.3 Å². The van der Waals surface area contributed by atoms with Gasteiger partial charge in [0.2, 0.25) is 0 Å². The highest BCUT2D eigenvalue weighted by Crippen LogP contribution is 2.25. The molecule has 0 radical (unpaired) electrons. The number of carbonyl (C=O) groups excluding carboxylic acids is 1. The Balaban J connectivity index is 2.05. The SMILES string of the molecule is COc1cccc(-c2cc(C(=O)N[C@@H](C)C(C)C)n(-c3ccccc3)n2)c1. The Hall–Kier alpha value is -3.08. The molecule has 5 heteroatoms. The van der Waals surface area contributed by atoms with Gasteiger partial charge in [0, 0.05) is 11.6 Å². The lowest BCUT2D eigenvalue weighted by molar-refractivity contribution is 0.0922. The van der Waals surface area contributed by atoms with Gasteiger partial charge in [-0.2, -0.15) is 5.10 Å². The first kappa shape index (κ1) is 18.7. The summed E-state index contributed by atoms with van der Waals surface area (Å²) < 4.78 is 7.00. The van der Waals surface area contributed by atoms with Crippen LogP contribution in [0.25, 0.3) is 16.9 Å². The van der Waals surface area contributed by atoms with Crippen LogP contribution in [0.4, 0.5) is 0 Å². The number of nitrogens with zero attached hydrogens (tertiary/aromatic N) is 2. The van der Waals surface area contributed by atoms with Gasteiger partial charge in [0.1, 0.15) is 11.4 Å². The summed E-state index contributed by atoms with van der Waals surface area (Å²) in [5.41, 5.74) is 2.97. The van der Waals surface area contributed by atoms with Crippen molar-refractivity contribution >= 4 is 5.91 Å². The van der Waals surface area contributed by atoms with Crippen molar-refractivity contribution in [2.75, 3.05) is 7.11 Å². The van der Waals surface area contributed by atoms with Crippen LogP contribution in [0.3, 0.4) is 0 Å². The monoisotopic (exact) mass is 363 g/mol. The molecule has 3 rings (SSSR count). The van der Waals surface area contributed by atoms with E-state index in [1.807, 2.05) is 67.6 Å². The van der Waals surface area contributed by atoms with Gasteiger partial charge in [-0.05, 0) is 43.2 Å². The van der Waals surface area contributed by atoms with Crippen LogP contribution in [-0.2, 0) is 0 Å². The molecule has 0 bridgehead atoms. The number of hydrogen-bond donors (Lipinski definition) is 1. The molecule has 2 aromatic carbocycles. The molecule has 3 aromatic rings. The Morgan fingerprint density at radius 3 is 2.44 bits per heavy atom. The number of methoxy groups -OCH3 is 1. The van der Waals surface area contributed by atoms with Gasteiger partial charge in [0.25, 0.3) is 5.91 Å². The first-order chi connectivity index (χ1) is 13.0. The minimum absolute atomic E-state index is 0.0666. The Morgan fingerprint density at radius 1 is 1.04 bits per heavy atom. The molecule has 0 spiro atoms. The van der Waals surface area contributed by atoms with E-state index in [9.17, 15) is 4.79 Å². The molecule has 1 amide bonds. The number of rotatable bonds is 6. The highest BCUT2D eigenvalue weighted by atomic mass is 16.5. The summed E-state index contributed by atoms with van der Waals surface area (Å²) in [4.78, 5) is 12.9. The number of benzene rings is 2. The summed E-state index contributed by atoms with van der Waals surface area (Å²) in [5.74, 6) is 0.961. The Morgan fingerprint density at radius 2 is 1.78 bits per heavy atom. The maximum absolute atomic E-state index is 12.9. The number of aromatic nitrogens is 2. The minimum Gasteiger partial charge on any atom is -0.497 e. The second kappa shape index (κ2) is 8.08. The average Bonchev–Trinajstić information content (AvgIpc) is 3.14. The molecule has 140 valence electrons. The quantitative estimate of drug-likeness (QED) is 0.709. The molecule has 0 saturated heterocycles. The first-order valence-corrected chi connectivity index (χ1v) is 9.10. The van der Waals surface area contributed by atoms with Gasteiger partial charge in [-0.1, -0.05) is 44.2 Å². The van der Waals surface area contributed by atoms with Crippen LogP contribution in [0.5, 0.6) is 5.75 Å². The molecule has 27 heavy (non-hydrogen) atoms. The van der Waals surface area contributed by atoms with Crippen molar-refractivity contribution in [2.45, 2.75) is 26.8 Å². The summed E-state index contributed by atoms with van der Waals surface area (Å²) >= 11 is 0. The van der Waals surface area contributed by atoms with Crippen LogP contribution in [0.2, 0.25) is 0 Å². The largest absolute Gasteiger partial charge is 0.497 e. The zero-order chi connectivity index (χ0) is 19.4. The lowest BCUT2D eigenvalue weighted by Gasteiger charge is -2.17. The molecule has 0 aliphatic heterocycles. The zero-order valence-corrected chi connectivity index (χ0v) is 16.1. The van der Waals surface area contributed by atoms with E-state index in [-0.39, 0.29) is 11.9 Å². The first-order valence-electron chi connectivity index (χ1n) is 9.10. The molecular formula is C22H25N3O2. The Kier molecular flexibility index (Phi) is 5.60. The van der Waals surface area contributed by atoms with Crippen molar-refractivity contribution in [1.82, 2.24) is 15.1 Å². The highest BCUT2D eigenvalue weighted by Gasteiger charge is 2.20. The lowest BCUT2D eigenvalue weighted by Crippen LogP contribution is -2.37. The number of para-hydroxylation sites is 1. The summed E-state index contributed by atoms with van der Waals surface area (Å²) in [6.45, 7) is 6.18. The molecule has 1 N–H and O–H groups in total. The van der Waals surface area contributed by atoms with Crippen LogP contribution >= 0.6 is 0 Å². The van der Waals surface area contributed by atoms with Gasteiger partial charge in [-0.3, -0.25) is 4.79 Å². The number of carbonyl (C=O) groups is 1. The van der Waals surface area contributed by atoms with Crippen LogP contribution < -0.4 is 10.1 Å². The van der Waals surface area contributed by atoms with E-state index >= 15 is 0 Å². The maximum Gasteiger partial charge on any atom is 0.270 e. The van der Waals surface area contributed by atoms with E-state index in [2.05, 4.69) is 19.2 Å². The predicted octanol–water partition coefficient (Wildman–Crippen LogP) is 4.32. The molecule has 0 aliphatic rings. The third-order valence-corrected chi connectivity index (χ3v) is 4.67. The minimum atomic E-state index is -0.137. The number of ether oxygens (including phenoxy) is 1. The van der Waals surface area contributed by atoms with Crippen molar-refractivity contribution in [2.24, 2.45) is 5.92 Å². The van der Waals surface area contributed by atoms with Crippen LogP contribution in [0, 0.1) is 5.92 Å². The maximum atomic E-state index is 12.9. The second-order valence-electron chi connectivity index (χ2n) is 6.90. The lowest BCUT2D eigenvalue weighted by atomic mass is 10.1. The van der Waals surface area contributed by atoms with Gasteiger partial charge in [0.05, 0.1) is 18.5 Å². The summed E-state index contributed by atoms with van der Waals surface area (Å²) in [7, 11) is 1.63. The molecule has 1 aromatic heterocycles. The molecule has 0 aliphatic carbocycles. The van der Waals surface area contributed by atoms with Crippen LogP contribution in [0.15, 0.2) is 60.7 Å². The Labute approximate surface area is 160 Å². The van der Waals surface area contributed by atoms with E-state index in [1.54, 1.807) is 11.8 Å². The van der Waals surface area contributed by atoms with Crippen molar-refractivity contribution < 1.29 is 9.53 Å². The molecule has 1 atom stereocenters. The zero-order valence-electron chi connectivity index (χ0n) is 16.1. The fraction of sp³-hybridized carbons (Fsp3) is 0.273. The molecular weight excluding hydrogens is 338 g/mol. The number of nitrogens with one attached hydrogen (secondary N) is 1. The number of amides is 1. The van der Waals surface area contributed by atoms with Gasteiger partial charge < -0.3 is 10.1 Å². The molecule has 0 saturated carbocycles. The van der Waals surface area contributed by atoms with Gasteiger partial charge in [0.15, 0.2) is 0 Å². The Bertz CT molecular complexity index is 916. The standard InChI is InChI=1S/C22H25N3O2/c1-15(2)16(3)23-22(26)21-14-20(17-9-8-12-19(13-17)27-4)24-25(21)18-10-6-5-7-11-18/h5-16H,1-4H3,(H,23,26)/t16-/m0/s1. The van der Waals surface area contributed by atoms with Gasteiger partial charge >= 0.3 is 0 Å². The average molecular weight is 363 g/mol. The van der Waals surface area contributed by atoms with E-state index in [1.165, 1.54) is 0 Å². The van der Waals surface area contributed by atoms with E-state index in [0.717, 1.165) is 22.7 Å². The van der Waals surface area contributed by atoms with Crippen molar-refractivity contribution in [3.63, 3.8) is 0 Å². The number of hydrogen-bond acceptors (Lipinski definition) is 3. The van der Waals surface area contributed by atoms with E-state index in [0.29, 0.717) is 11.6 Å². The summed E-state index contributed by atoms with van der Waals surface area (Å²) in [5, 5.41) is 7.77. The summed E-state index contributed by atoms with van der Waals surface area (Å²) in [6.07, 6.45) is 0. The van der Waals surface area contributed by atoms with Gasteiger partial charge in [-0.25, -0.2) is 4.68 Å². The third kappa shape index (κ3) is 4.19. The topological polar surface area (TPSA) is 56.1 Å². The molecule has 0 fully saturated rings. The molecule has 5 nitrogen and oxygen atoms in total. The molecule has 1 heterocycles. The normalized spacial score (nSPS) is 12.0. The van der Waals surface area contributed by atoms with E-state index < -0.39 is 0 Å². The highest BCUT2D eigenvalue weighted by molar-refractivity contribution is 5.94. The summed E-state index contributed by atoms with van der Waals surface area (Å²) in [6, 6.07) is 19.2. The predicted molar refractivity (Wildman–Crippen MR) is 107 cm³/mol. The fourth-order valence-electron chi connectivity index (χ4n) is 2.68. The van der Waals surface area contributed by atoms with Crippen molar-refractivity contribution in [3.8, 4) is 22.7 Å².